The zero-order valence-corrected chi connectivity index (χ0v) is 14.9. The first kappa shape index (κ1) is 16.7. The number of pyridine rings is 1. The van der Waals surface area contributed by atoms with Crippen molar-refractivity contribution in [3.05, 3.63) is 44.7 Å². The summed E-state index contributed by atoms with van der Waals surface area (Å²) in [5.74, 6) is -0.674. The summed E-state index contributed by atoms with van der Waals surface area (Å²) in [5.41, 5.74) is 0.766. The van der Waals surface area contributed by atoms with E-state index in [2.05, 4.69) is 4.98 Å². The van der Waals surface area contributed by atoms with Crippen LogP contribution in [-0.4, -0.2) is 35.7 Å². The van der Waals surface area contributed by atoms with Gasteiger partial charge in [-0.15, -0.1) is 0 Å². The van der Waals surface area contributed by atoms with Gasteiger partial charge in [0.25, 0.3) is 11.5 Å². The molecule has 1 aliphatic heterocycles. The number of hydrogen-bond donors (Lipinski definition) is 1. The standard InChI is InChI=1S/C16H15N3O3S2/c1-8(2)19-15(22)11(24-16(19)23)6-10-13(20)17-12-5-4-9(3)7-18(12)14(10)21/h4-8,20H,1-3H3. The summed E-state index contributed by atoms with van der Waals surface area (Å²) in [6.45, 7) is 5.58. The van der Waals surface area contributed by atoms with Crippen LogP contribution in [0.15, 0.2) is 28.0 Å². The van der Waals surface area contributed by atoms with Crippen LogP contribution in [-0.2, 0) is 4.79 Å². The van der Waals surface area contributed by atoms with Gasteiger partial charge in [0.1, 0.15) is 15.5 Å². The van der Waals surface area contributed by atoms with E-state index in [1.807, 2.05) is 20.8 Å². The van der Waals surface area contributed by atoms with E-state index < -0.39 is 11.4 Å². The third kappa shape index (κ3) is 2.71. The van der Waals surface area contributed by atoms with Gasteiger partial charge in [0, 0.05) is 12.2 Å². The maximum absolute atomic E-state index is 12.6. The molecule has 0 unspecified atom stereocenters. The first-order valence-corrected chi connectivity index (χ1v) is 8.51. The van der Waals surface area contributed by atoms with Gasteiger partial charge in [0.15, 0.2) is 0 Å². The smallest absolute Gasteiger partial charge is 0.269 e. The maximum Gasteiger partial charge on any atom is 0.269 e. The van der Waals surface area contributed by atoms with Crippen LogP contribution in [0.25, 0.3) is 11.7 Å². The van der Waals surface area contributed by atoms with Crippen LogP contribution in [0.3, 0.4) is 0 Å². The van der Waals surface area contributed by atoms with Crippen molar-refractivity contribution in [1.29, 1.82) is 0 Å². The van der Waals surface area contributed by atoms with Gasteiger partial charge in [-0.05, 0) is 38.5 Å². The Morgan fingerprint density at radius 2 is 2.04 bits per heavy atom. The third-order valence-electron chi connectivity index (χ3n) is 3.60. The normalized spacial score (nSPS) is 16.8. The lowest BCUT2D eigenvalue weighted by Gasteiger charge is -2.18. The van der Waals surface area contributed by atoms with Gasteiger partial charge in [-0.1, -0.05) is 30.0 Å². The van der Waals surface area contributed by atoms with Crippen LogP contribution in [0.1, 0.15) is 25.0 Å². The second-order valence-corrected chi connectivity index (χ2v) is 7.41. The molecule has 0 aliphatic carbocycles. The fourth-order valence-corrected chi connectivity index (χ4v) is 3.94. The molecule has 3 rings (SSSR count). The molecule has 1 fully saturated rings. The Hall–Kier alpha value is -2.19. The summed E-state index contributed by atoms with van der Waals surface area (Å²) < 4.78 is 1.79. The summed E-state index contributed by atoms with van der Waals surface area (Å²) in [4.78, 5) is 30.9. The van der Waals surface area contributed by atoms with E-state index in [4.69, 9.17) is 12.2 Å². The number of nitrogens with zero attached hydrogens (tertiary/aromatic N) is 3. The SMILES string of the molecule is Cc1ccc2nc(O)c(C=C3SC(=S)N(C(C)C)C3=O)c(=O)n2c1. The highest BCUT2D eigenvalue weighted by molar-refractivity contribution is 8.26. The van der Waals surface area contributed by atoms with Gasteiger partial charge in [-0.25, -0.2) is 0 Å². The Kier molecular flexibility index (Phi) is 4.18. The number of thioether (sulfide) groups is 1. The molecule has 2 aromatic heterocycles. The first-order chi connectivity index (χ1) is 11.3. The molecule has 3 heterocycles. The van der Waals surface area contributed by atoms with Crippen LogP contribution in [0.4, 0.5) is 0 Å². The minimum Gasteiger partial charge on any atom is -0.493 e. The molecule has 0 saturated carbocycles. The summed E-state index contributed by atoms with van der Waals surface area (Å²) in [6, 6.07) is 3.38. The Morgan fingerprint density at radius 1 is 1.33 bits per heavy atom. The number of carbonyl (C=O) groups is 1. The van der Waals surface area contributed by atoms with Crippen molar-refractivity contribution in [3.8, 4) is 5.88 Å². The average molecular weight is 361 g/mol. The number of rotatable bonds is 2. The Morgan fingerprint density at radius 3 is 2.67 bits per heavy atom. The van der Waals surface area contributed by atoms with Gasteiger partial charge < -0.3 is 5.11 Å². The lowest BCUT2D eigenvalue weighted by atomic mass is 10.2. The molecule has 6 nitrogen and oxygen atoms in total. The lowest BCUT2D eigenvalue weighted by molar-refractivity contribution is -0.123. The molecule has 0 radical (unpaired) electrons. The van der Waals surface area contributed by atoms with Crippen LogP contribution < -0.4 is 5.56 Å². The lowest BCUT2D eigenvalue weighted by Crippen LogP contribution is -2.34. The Balaban J connectivity index is 2.16. The Labute approximate surface area is 147 Å². The van der Waals surface area contributed by atoms with Crippen molar-refractivity contribution < 1.29 is 9.90 Å². The number of carbonyl (C=O) groups excluding carboxylic acids is 1. The van der Waals surface area contributed by atoms with Crippen molar-refractivity contribution in [1.82, 2.24) is 14.3 Å². The average Bonchev–Trinajstić information content (AvgIpc) is 2.78. The number of fused-ring (bicyclic) bond motifs is 1. The molecule has 0 bridgehead atoms. The Bertz CT molecular complexity index is 963. The van der Waals surface area contributed by atoms with E-state index in [-0.39, 0.29) is 17.5 Å². The van der Waals surface area contributed by atoms with E-state index in [0.29, 0.717) is 14.9 Å². The van der Waals surface area contributed by atoms with Crippen LogP contribution >= 0.6 is 24.0 Å². The minimum atomic E-state index is -0.434. The largest absolute Gasteiger partial charge is 0.493 e. The molecular formula is C16H15N3O3S2. The van der Waals surface area contributed by atoms with Gasteiger partial charge in [-0.3, -0.25) is 18.9 Å². The number of amides is 1. The van der Waals surface area contributed by atoms with Crippen LogP contribution in [0, 0.1) is 6.92 Å². The summed E-state index contributed by atoms with van der Waals surface area (Å²) in [6.07, 6.45) is 3.00. The zero-order valence-electron chi connectivity index (χ0n) is 13.3. The molecule has 124 valence electrons. The fourth-order valence-electron chi connectivity index (χ4n) is 2.43. The summed E-state index contributed by atoms with van der Waals surface area (Å²) in [5, 5.41) is 10.1. The second-order valence-electron chi connectivity index (χ2n) is 5.73. The number of thiocarbonyl (C=S) groups is 1. The van der Waals surface area contributed by atoms with Crippen LogP contribution in [0.2, 0.25) is 0 Å². The molecule has 0 aromatic carbocycles. The number of aryl methyl sites for hydroxylation is 1. The quantitative estimate of drug-likeness (QED) is 0.654. The molecular weight excluding hydrogens is 346 g/mol. The molecule has 1 N–H and O–H groups in total. The van der Waals surface area contributed by atoms with Crippen molar-refractivity contribution in [2.45, 2.75) is 26.8 Å². The molecule has 0 atom stereocenters. The number of hydrogen-bond acceptors (Lipinski definition) is 6. The second kappa shape index (κ2) is 6.03. The number of aromatic nitrogens is 2. The van der Waals surface area contributed by atoms with E-state index >= 15 is 0 Å². The molecule has 0 spiro atoms. The van der Waals surface area contributed by atoms with Crippen LogP contribution in [0.5, 0.6) is 5.88 Å². The molecule has 2 aromatic rings. The summed E-state index contributed by atoms with van der Waals surface area (Å²) >= 11 is 6.33. The third-order valence-corrected chi connectivity index (χ3v) is 4.93. The molecule has 1 aliphatic rings. The van der Waals surface area contributed by atoms with E-state index in [0.717, 1.165) is 17.3 Å². The van der Waals surface area contributed by atoms with Gasteiger partial charge in [0.2, 0.25) is 5.88 Å². The predicted octanol–water partition coefficient (Wildman–Crippen LogP) is 2.32. The maximum atomic E-state index is 12.6. The van der Waals surface area contributed by atoms with Crippen molar-refractivity contribution in [2.24, 2.45) is 0 Å². The highest BCUT2D eigenvalue weighted by Gasteiger charge is 2.34. The van der Waals surface area contributed by atoms with E-state index in [1.165, 1.54) is 15.4 Å². The van der Waals surface area contributed by atoms with E-state index in [1.54, 1.807) is 18.3 Å². The van der Waals surface area contributed by atoms with Crippen molar-refractivity contribution in [3.63, 3.8) is 0 Å². The molecule has 8 heteroatoms. The number of aromatic hydroxyl groups is 1. The van der Waals surface area contributed by atoms with Crippen molar-refractivity contribution in [2.75, 3.05) is 0 Å². The van der Waals surface area contributed by atoms with Gasteiger partial charge in [-0.2, -0.15) is 4.98 Å². The topological polar surface area (TPSA) is 74.9 Å². The van der Waals surface area contributed by atoms with Gasteiger partial charge in [0.05, 0.1) is 4.91 Å². The van der Waals surface area contributed by atoms with E-state index in [9.17, 15) is 14.7 Å². The minimum absolute atomic E-state index is 0.0256. The predicted molar refractivity (Wildman–Crippen MR) is 98.0 cm³/mol. The molecule has 24 heavy (non-hydrogen) atoms. The monoisotopic (exact) mass is 361 g/mol. The highest BCUT2D eigenvalue weighted by atomic mass is 32.2. The summed E-state index contributed by atoms with van der Waals surface area (Å²) in [7, 11) is 0. The van der Waals surface area contributed by atoms with Gasteiger partial charge >= 0.3 is 0 Å². The highest BCUT2D eigenvalue weighted by Crippen LogP contribution is 2.34. The fraction of sp³-hybridized carbons (Fsp3) is 0.250. The first-order valence-electron chi connectivity index (χ1n) is 7.28. The molecule has 1 saturated heterocycles. The zero-order chi connectivity index (χ0) is 17.6. The van der Waals surface area contributed by atoms with Crippen molar-refractivity contribution >= 4 is 45.9 Å². The molecule has 1 amide bonds.